The van der Waals surface area contributed by atoms with Crippen molar-refractivity contribution in [2.24, 2.45) is 0 Å². The summed E-state index contributed by atoms with van der Waals surface area (Å²) in [6.45, 7) is 1.35. The molecule has 4 nitrogen and oxygen atoms in total. The van der Waals surface area contributed by atoms with Crippen molar-refractivity contribution >= 4 is 46.2 Å². The van der Waals surface area contributed by atoms with Gasteiger partial charge in [0, 0.05) is 48.2 Å². The molecule has 0 N–H and O–H groups in total. The molecule has 0 fully saturated rings. The highest BCUT2D eigenvalue weighted by molar-refractivity contribution is 7.99. The topological polar surface area (TPSA) is 40.6 Å². The molecule has 136 valence electrons. The van der Waals surface area contributed by atoms with Crippen molar-refractivity contribution in [1.82, 2.24) is 9.80 Å². The maximum absolute atomic E-state index is 12.1. The Balaban J connectivity index is 1.56. The van der Waals surface area contributed by atoms with Crippen LogP contribution in [0.4, 0.5) is 0 Å². The molecule has 0 aliphatic heterocycles. The van der Waals surface area contributed by atoms with Gasteiger partial charge in [0.25, 0.3) is 0 Å². The van der Waals surface area contributed by atoms with E-state index in [1.54, 1.807) is 44.2 Å². The Hall–Kier alpha value is -1.31. The number of rotatable bonds is 10. The lowest BCUT2D eigenvalue weighted by Gasteiger charge is -2.17. The molecule has 7 heteroatoms. The highest BCUT2D eigenvalue weighted by Gasteiger charge is 2.11. The number of amides is 2. The van der Waals surface area contributed by atoms with E-state index in [4.69, 9.17) is 0 Å². The summed E-state index contributed by atoms with van der Waals surface area (Å²) in [4.78, 5) is 30.1. The zero-order valence-corrected chi connectivity index (χ0v) is 17.1. The van der Waals surface area contributed by atoms with Gasteiger partial charge in [-0.25, -0.2) is 0 Å². The van der Waals surface area contributed by atoms with Crippen LogP contribution in [0.1, 0.15) is 22.6 Å². The number of carbonyl (C=O) groups excluding carboxylic acids is 2. The van der Waals surface area contributed by atoms with Crippen LogP contribution in [0.3, 0.4) is 0 Å². The third-order valence-electron chi connectivity index (χ3n) is 3.72. The zero-order valence-electron chi connectivity index (χ0n) is 14.6. The quantitative estimate of drug-likeness (QED) is 0.571. The van der Waals surface area contributed by atoms with Crippen LogP contribution < -0.4 is 0 Å². The first kappa shape index (κ1) is 20.0. The first-order chi connectivity index (χ1) is 12.1. The molecule has 25 heavy (non-hydrogen) atoms. The Kier molecular flexibility index (Phi) is 8.51. The molecular weight excluding hydrogens is 372 g/mol. The summed E-state index contributed by atoms with van der Waals surface area (Å²) in [5, 5.41) is 4.05. The van der Waals surface area contributed by atoms with Crippen LogP contribution in [0.15, 0.2) is 35.0 Å². The van der Waals surface area contributed by atoms with Crippen LogP contribution in [0.2, 0.25) is 0 Å². The van der Waals surface area contributed by atoms with E-state index in [-0.39, 0.29) is 11.8 Å². The van der Waals surface area contributed by atoms with Gasteiger partial charge in [0.2, 0.25) is 11.8 Å². The molecule has 2 rings (SSSR count). The fraction of sp³-hybridized carbons (Fsp3) is 0.444. The van der Waals surface area contributed by atoms with E-state index in [9.17, 15) is 9.59 Å². The maximum Gasteiger partial charge on any atom is 0.223 e. The minimum Gasteiger partial charge on any atom is -0.341 e. The highest BCUT2D eigenvalue weighted by atomic mass is 32.2. The Morgan fingerprint density at radius 1 is 0.880 bits per heavy atom. The van der Waals surface area contributed by atoms with Gasteiger partial charge in [-0.2, -0.15) is 11.8 Å². The number of thioether (sulfide) groups is 1. The standard InChI is InChI=1S/C18H24N2O2S3/c1-19(13-15-5-3-9-24-15)17(21)7-11-23-12-8-18(22)20(2)14-16-6-4-10-25-16/h3-6,9-10H,7-8,11-14H2,1-2H3. The number of hydrogen-bond donors (Lipinski definition) is 0. The molecule has 0 radical (unpaired) electrons. The molecule has 2 aromatic heterocycles. The summed E-state index contributed by atoms with van der Waals surface area (Å²) in [5.74, 6) is 1.83. The molecule has 0 atom stereocenters. The number of hydrogen-bond acceptors (Lipinski definition) is 5. The van der Waals surface area contributed by atoms with E-state index in [0.717, 1.165) is 11.5 Å². The van der Waals surface area contributed by atoms with Crippen molar-refractivity contribution in [2.45, 2.75) is 25.9 Å². The minimum absolute atomic E-state index is 0.155. The van der Waals surface area contributed by atoms with Crippen molar-refractivity contribution in [3.8, 4) is 0 Å². The van der Waals surface area contributed by atoms with Crippen LogP contribution in [0, 0.1) is 0 Å². The Morgan fingerprint density at radius 2 is 1.32 bits per heavy atom. The second kappa shape index (κ2) is 10.6. The molecule has 0 spiro atoms. The van der Waals surface area contributed by atoms with Gasteiger partial charge in [-0.05, 0) is 22.9 Å². The second-order valence-corrected chi connectivity index (χ2v) is 9.06. The predicted octanol–water partition coefficient (Wildman–Crippen LogP) is 3.94. The normalized spacial score (nSPS) is 10.6. The third kappa shape index (κ3) is 7.22. The summed E-state index contributed by atoms with van der Waals surface area (Å²) in [5.41, 5.74) is 0. The summed E-state index contributed by atoms with van der Waals surface area (Å²) < 4.78 is 0. The Labute approximate surface area is 161 Å². The van der Waals surface area contributed by atoms with Crippen LogP contribution in [-0.4, -0.2) is 47.2 Å². The monoisotopic (exact) mass is 396 g/mol. The fourth-order valence-electron chi connectivity index (χ4n) is 2.25. The van der Waals surface area contributed by atoms with Crippen LogP contribution in [-0.2, 0) is 22.7 Å². The molecule has 0 unspecified atom stereocenters. The molecule has 0 bridgehead atoms. The van der Waals surface area contributed by atoms with E-state index < -0.39 is 0 Å². The number of thiophene rings is 2. The molecule has 0 aliphatic rings. The molecule has 0 aromatic carbocycles. The van der Waals surface area contributed by atoms with E-state index in [0.29, 0.717) is 25.9 Å². The first-order valence-electron chi connectivity index (χ1n) is 8.16. The van der Waals surface area contributed by atoms with Gasteiger partial charge in [-0.1, -0.05) is 12.1 Å². The third-order valence-corrected chi connectivity index (χ3v) is 6.43. The lowest BCUT2D eigenvalue weighted by molar-refractivity contribution is -0.130. The highest BCUT2D eigenvalue weighted by Crippen LogP contribution is 2.14. The van der Waals surface area contributed by atoms with E-state index in [1.165, 1.54) is 9.75 Å². The van der Waals surface area contributed by atoms with Gasteiger partial charge in [0.05, 0.1) is 13.1 Å². The zero-order chi connectivity index (χ0) is 18.1. The van der Waals surface area contributed by atoms with E-state index >= 15 is 0 Å². The molecule has 0 aliphatic carbocycles. The fourth-order valence-corrected chi connectivity index (χ4v) is 4.61. The second-order valence-electron chi connectivity index (χ2n) is 5.77. The minimum atomic E-state index is 0.155. The van der Waals surface area contributed by atoms with Gasteiger partial charge in [-0.3, -0.25) is 9.59 Å². The van der Waals surface area contributed by atoms with Crippen LogP contribution in [0.5, 0.6) is 0 Å². The van der Waals surface area contributed by atoms with Crippen molar-refractivity contribution in [2.75, 3.05) is 25.6 Å². The van der Waals surface area contributed by atoms with Gasteiger partial charge in [0.1, 0.15) is 0 Å². The molecule has 0 saturated heterocycles. The average molecular weight is 397 g/mol. The number of nitrogens with zero attached hydrogens (tertiary/aromatic N) is 2. The number of carbonyl (C=O) groups is 2. The molecule has 2 aromatic rings. The van der Waals surface area contributed by atoms with Gasteiger partial charge >= 0.3 is 0 Å². The van der Waals surface area contributed by atoms with E-state index in [1.807, 2.05) is 49.1 Å². The Morgan fingerprint density at radius 3 is 1.68 bits per heavy atom. The van der Waals surface area contributed by atoms with Crippen LogP contribution in [0.25, 0.3) is 0 Å². The van der Waals surface area contributed by atoms with Crippen molar-refractivity contribution in [3.05, 3.63) is 44.8 Å². The first-order valence-corrected chi connectivity index (χ1v) is 11.1. The smallest absolute Gasteiger partial charge is 0.223 e. The van der Waals surface area contributed by atoms with E-state index in [2.05, 4.69) is 0 Å². The maximum atomic E-state index is 12.1. The molecule has 2 amide bonds. The van der Waals surface area contributed by atoms with Crippen molar-refractivity contribution < 1.29 is 9.59 Å². The summed E-state index contributed by atoms with van der Waals surface area (Å²) >= 11 is 5.00. The van der Waals surface area contributed by atoms with Crippen LogP contribution >= 0.6 is 34.4 Å². The average Bonchev–Trinajstić information content (AvgIpc) is 3.27. The Bertz CT molecular complexity index is 585. The SMILES string of the molecule is CN(Cc1cccs1)C(=O)CCSCCC(=O)N(C)Cc1cccs1. The molecular formula is C18H24N2O2S3. The van der Waals surface area contributed by atoms with Gasteiger partial charge < -0.3 is 9.80 Å². The summed E-state index contributed by atoms with van der Waals surface area (Å²) in [6, 6.07) is 8.09. The largest absolute Gasteiger partial charge is 0.341 e. The van der Waals surface area contributed by atoms with Gasteiger partial charge in [0.15, 0.2) is 0 Å². The lowest BCUT2D eigenvalue weighted by atomic mass is 10.3. The molecule has 2 heterocycles. The van der Waals surface area contributed by atoms with Crippen molar-refractivity contribution in [3.63, 3.8) is 0 Å². The molecule has 0 saturated carbocycles. The van der Waals surface area contributed by atoms with Gasteiger partial charge in [-0.15, -0.1) is 22.7 Å². The summed E-state index contributed by atoms with van der Waals surface area (Å²) in [6.07, 6.45) is 1.04. The summed E-state index contributed by atoms with van der Waals surface area (Å²) in [7, 11) is 3.69. The lowest BCUT2D eigenvalue weighted by Crippen LogP contribution is -2.26. The van der Waals surface area contributed by atoms with Crippen molar-refractivity contribution in [1.29, 1.82) is 0 Å². The predicted molar refractivity (Wildman–Crippen MR) is 108 cm³/mol.